The Morgan fingerprint density at radius 1 is 1.05 bits per heavy atom. The number of nitrogens with zero attached hydrogens (tertiary/aromatic N) is 1. The van der Waals surface area contributed by atoms with Gasteiger partial charge in [0, 0.05) is 37.8 Å². The zero-order valence-electron chi connectivity index (χ0n) is 12.1. The second-order valence-electron chi connectivity index (χ2n) is 5.63. The van der Waals surface area contributed by atoms with Gasteiger partial charge >= 0.3 is 0 Å². The van der Waals surface area contributed by atoms with Gasteiger partial charge in [0.15, 0.2) is 0 Å². The summed E-state index contributed by atoms with van der Waals surface area (Å²) in [7, 11) is 0. The molecule has 0 aliphatic heterocycles. The summed E-state index contributed by atoms with van der Waals surface area (Å²) in [5, 5.41) is 3.57. The third kappa shape index (κ3) is 3.76. The molecule has 1 fully saturated rings. The fourth-order valence-corrected chi connectivity index (χ4v) is 2.81. The summed E-state index contributed by atoms with van der Waals surface area (Å²) in [6.07, 6.45) is 7.05. The standard InChI is InChI=1S/C18H20N2O/c21-18-6-4-17(5-7-18)20-13-14-2-1-3-16(12-14)15-8-10-19-11-9-15/h1-3,8-12,17,20H,4-7,13H2. The normalized spacial score (nSPS) is 16.1. The van der Waals surface area contributed by atoms with Crippen molar-refractivity contribution in [3.63, 3.8) is 0 Å². The highest BCUT2D eigenvalue weighted by atomic mass is 16.1. The minimum absolute atomic E-state index is 0.410. The average molecular weight is 280 g/mol. The summed E-state index contributed by atoms with van der Waals surface area (Å²) in [6.45, 7) is 0.859. The van der Waals surface area contributed by atoms with Gasteiger partial charge in [0.25, 0.3) is 0 Å². The summed E-state index contributed by atoms with van der Waals surface area (Å²) in [4.78, 5) is 15.3. The van der Waals surface area contributed by atoms with E-state index in [1.165, 1.54) is 16.7 Å². The lowest BCUT2D eigenvalue weighted by molar-refractivity contribution is -0.120. The Morgan fingerprint density at radius 2 is 1.81 bits per heavy atom. The molecule has 1 saturated carbocycles. The van der Waals surface area contributed by atoms with E-state index in [1.54, 1.807) is 0 Å². The smallest absolute Gasteiger partial charge is 0.133 e. The van der Waals surface area contributed by atoms with Crippen LogP contribution in [0, 0.1) is 0 Å². The molecule has 108 valence electrons. The molecule has 1 aromatic heterocycles. The summed E-state index contributed by atoms with van der Waals surface area (Å²) in [5.74, 6) is 0.410. The monoisotopic (exact) mass is 280 g/mol. The van der Waals surface area contributed by atoms with Crippen molar-refractivity contribution in [1.82, 2.24) is 10.3 Å². The van der Waals surface area contributed by atoms with E-state index < -0.39 is 0 Å². The van der Waals surface area contributed by atoms with Crippen LogP contribution in [0.15, 0.2) is 48.8 Å². The van der Waals surface area contributed by atoms with E-state index in [9.17, 15) is 4.79 Å². The number of carbonyl (C=O) groups is 1. The first-order valence-electron chi connectivity index (χ1n) is 7.56. The lowest BCUT2D eigenvalue weighted by Crippen LogP contribution is -2.32. The Labute approximate surface area is 125 Å². The second kappa shape index (κ2) is 6.64. The molecule has 3 rings (SSSR count). The molecule has 0 radical (unpaired) electrons. The van der Waals surface area contributed by atoms with Crippen LogP contribution in [-0.4, -0.2) is 16.8 Å². The number of hydrogen-bond acceptors (Lipinski definition) is 3. The molecule has 1 aliphatic carbocycles. The lowest BCUT2D eigenvalue weighted by atomic mass is 9.94. The highest BCUT2D eigenvalue weighted by molar-refractivity contribution is 5.79. The molecule has 2 aromatic rings. The van der Waals surface area contributed by atoms with Crippen LogP contribution in [0.3, 0.4) is 0 Å². The first kappa shape index (κ1) is 14.0. The Hall–Kier alpha value is -2.00. The van der Waals surface area contributed by atoms with Gasteiger partial charge in [-0.1, -0.05) is 18.2 Å². The van der Waals surface area contributed by atoms with Crippen molar-refractivity contribution < 1.29 is 4.79 Å². The quantitative estimate of drug-likeness (QED) is 0.934. The van der Waals surface area contributed by atoms with Gasteiger partial charge in [0.1, 0.15) is 5.78 Å². The third-order valence-corrected chi connectivity index (χ3v) is 4.08. The Bertz CT molecular complexity index is 600. The summed E-state index contributed by atoms with van der Waals surface area (Å²) >= 11 is 0. The first-order chi connectivity index (χ1) is 10.3. The molecule has 0 unspecified atom stereocenters. The molecule has 1 N–H and O–H groups in total. The Kier molecular flexibility index (Phi) is 4.41. The van der Waals surface area contributed by atoms with E-state index >= 15 is 0 Å². The van der Waals surface area contributed by atoms with Gasteiger partial charge < -0.3 is 5.32 Å². The van der Waals surface area contributed by atoms with Gasteiger partial charge in [-0.2, -0.15) is 0 Å². The molecule has 1 aromatic carbocycles. The molecule has 3 heteroatoms. The number of Topliss-reactive ketones (excluding diaryl/α,β-unsaturated/α-hetero) is 1. The number of rotatable bonds is 4. The number of ketones is 1. The van der Waals surface area contributed by atoms with Crippen LogP contribution in [0.2, 0.25) is 0 Å². The van der Waals surface area contributed by atoms with Gasteiger partial charge in [-0.3, -0.25) is 9.78 Å². The molecule has 1 aliphatic rings. The zero-order chi connectivity index (χ0) is 14.5. The number of nitrogens with one attached hydrogen (secondary N) is 1. The van der Waals surface area contributed by atoms with E-state index in [-0.39, 0.29) is 0 Å². The Balaban J connectivity index is 1.63. The van der Waals surface area contributed by atoms with E-state index in [0.29, 0.717) is 11.8 Å². The molecule has 0 amide bonds. The predicted octanol–water partition coefficient (Wildman–Crippen LogP) is 3.35. The van der Waals surface area contributed by atoms with Crippen molar-refractivity contribution >= 4 is 5.78 Å². The van der Waals surface area contributed by atoms with Crippen molar-refractivity contribution in [2.24, 2.45) is 0 Å². The summed E-state index contributed by atoms with van der Waals surface area (Å²) < 4.78 is 0. The number of carbonyl (C=O) groups excluding carboxylic acids is 1. The van der Waals surface area contributed by atoms with E-state index in [1.807, 2.05) is 24.5 Å². The van der Waals surface area contributed by atoms with Crippen molar-refractivity contribution in [2.45, 2.75) is 38.3 Å². The molecule has 1 heterocycles. The van der Waals surface area contributed by atoms with Crippen molar-refractivity contribution in [3.8, 4) is 11.1 Å². The maximum absolute atomic E-state index is 11.3. The first-order valence-corrected chi connectivity index (χ1v) is 7.56. The van der Waals surface area contributed by atoms with Crippen LogP contribution in [0.5, 0.6) is 0 Å². The van der Waals surface area contributed by atoms with Crippen LogP contribution in [0.4, 0.5) is 0 Å². The van der Waals surface area contributed by atoms with E-state index in [2.05, 4.69) is 34.6 Å². The number of hydrogen-bond donors (Lipinski definition) is 1. The molecule has 0 bridgehead atoms. The number of pyridine rings is 1. The average Bonchev–Trinajstić information content (AvgIpc) is 2.55. The maximum atomic E-state index is 11.3. The van der Waals surface area contributed by atoms with Gasteiger partial charge in [-0.25, -0.2) is 0 Å². The SMILES string of the molecule is O=C1CCC(NCc2cccc(-c3ccncc3)c2)CC1. The molecule has 0 saturated heterocycles. The van der Waals surface area contributed by atoms with Crippen LogP contribution >= 0.6 is 0 Å². The molecular weight excluding hydrogens is 260 g/mol. The molecule has 3 nitrogen and oxygen atoms in total. The minimum atomic E-state index is 0.410. The van der Waals surface area contributed by atoms with Crippen molar-refractivity contribution in [1.29, 1.82) is 0 Å². The third-order valence-electron chi connectivity index (χ3n) is 4.08. The fraction of sp³-hybridized carbons (Fsp3) is 0.333. The van der Waals surface area contributed by atoms with Gasteiger partial charge in [-0.05, 0) is 47.7 Å². The van der Waals surface area contributed by atoms with E-state index in [0.717, 1.165) is 32.2 Å². The molecule has 21 heavy (non-hydrogen) atoms. The minimum Gasteiger partial charge on any atom is -0.310 e. The van der Waals surface area contributed by atoms with Gasteiger partial charge in [0.2, 0.25) is 0 Å². The van der Waals surface area contributed by atoms with Crippen LogP contribution in [-0.2, 0) is 11.3 Å². The fourth-order valence-electron chi connectivity index (χ4n) is 2.81. The topological polar surface area (TPSA) is 42.0 Å². The van der Waals surface area contributed by atoms with E-state index in [4.69, 9.17) is 0 Å². The van der Waals surface area contributed by atoms with Crippen LogP contribution in [0.25, 0.3) is 11.1 Å². The lowest BCUT2D eigenvalue weighted by Gasteiger charge is -2.22. The van der Waals surface area contributed by atoms with Gasteiger partial charge in [-0.15, -0.1) is 0 Å². The summed E-state index contributed by atoms with van der Waals surface area (Å²) in [6, 6.07) is 13.1. The zero-order valence-corrected chi connectivity index (χ0v) is 12.1. The highest BCUT2D eigenvalue weighted by Crippen LogP contribution is 2.20. The molecule has 0 atom stereocenters. The van der Waals surface area contributed by atoms with Crippen molar-refractivity contribution in [3.05, 3.63) is 54.4 Å². The van der Waals surface area contributed by atoms with Crippen molar-refractivity contribution in [2.75, 3.05) is 0 Å². The number of benzene rings is 1. The maximum Gasteiger partial charge on any atom is 0.133 e. The molecular formula is C18H20N2O. The highest BCUT2D eigenvalue weighted by Gasteiger charge is 2.17. The Morgan fingerprint density at radius 3 is 2.57 bits per heavy atom. The van der Waals surface area contributed by atoms with Gasteiger partial charge in [0.05, 0.1) is 0 Å². The second-order valence-corrected chi connectivity index (χ2v) is 5.63. The largest absolute Gasteiger partial charge is 0.310 e. The van der Waals surface area contributed by atoms with Crippen LogP contribution < -0.4 is 5.32 Å². The predicted molar refractivity (Wildman–Crippen MR) is 83.8 cm³/mol. The summed E-state index contributed by atoms with van der Waals surface area (Å²) in [5.41, 5.74) is 3.69. The number of aromatic nitrogens is 1. The molecule has 0 spiro atoms. The van der Waals surface area contributed by atoms with Crippen LogP contribution in [0.1, 0.15) is 31.2 Å².